The van der Waals surface area contributed by atoms with E-state index in [1.54, 1.807) is 12.1 Å². The molecule has 0 spiro atoms. The van der Waals surface area contributed by atoms with Gasteiger partial charge in [-0.1, -0.05) is 12.1 Å². The monoisotopic (exact) mass is 241 g/mol. The molecule has 5 nitrogen and oxygen atoms in total. The highest BCUT2D eigenvalue weighted by atomic mass is 16.2. The Bertz CT molecular complexity index is 690. The summed E-state index contributed by atoms with van der Waals surface area (Å²) in [5.74, 6) is 0. The van der Waals surface area contributed by atoms with Crippen molar-refractivity contribution in [3.63, 3.8) is 0 Å². The number of H-pyrrole nitrogens is 2. The van der Waals surface area contributed by atoms with Gasteiger partial charge in [-0.3, -0.25) is 9.59 Å². The molecule has 0 aliphatic carbocycles. The van der Waals surface area contributed by atoms with Crippen molar-refractivity contribution < 1.29 is 0 Å². The molecule has 1 heterocycles. The molecule has 0 amide bonds. The molecular weight excluding hydrogens is 230 g/mol. The van der Waals surface area contributed by atoms with Crippen molar-refractivity contribution in [3.05, 3.63) is 68.0 Å². The third-order valence-electron chi connectivity index (χ3n) is 2.62. The van der Waals surface area contributed by atoms with E-state index in [4.69, 9.17) is 5.26 Å². The summed E-state index contributed by atoms with van der Waals surface area (Å²) < 4.78 is 0. The van der Waals surface area contributed by atoms with Crippen LogP contribution in [0.2, 0.25) is 0 Å². The summed E-state index contributed by atoms with van der Waals surface area (Å²) in [6.45, 7) is 0. The molecule has 0 fully saturated rings. The first-order valence-corrected chi connectivity index (χ1v) is 5.49. The smallest absolute Gasteiger partial charge is 0.313 e. The lowest BCUT2D eigenvalue weighted by molar-refractivity contribution is 0.876. The number of nitrogens with zero attached hydrogens (tertiary/aromatic N) is 1. The van der Waals surface area contributed by atoms with Crippen LogP contribution in [0.5, 0.6) is 0 Å². The molecule has 2 aromatic rings. The summed E-state index contributed by atoms with van der Waals surface area (Å²) >= 11 is 0. The predicted molar refractivity (Wildman–Crippen MR) is 66.2 cm³/mol. The van der Waals surface area contributed by atoms with Crippen molar-refractivity contribution in [3.8, 4) is 6.07 Å². The van der Waals surface area contributed by atoms with E-state index in [9.17, 15) is 9.59 Å². The summed E-state index contributed by atoms with van der Waals surface area (Å²) in [5, 5.41) is 8.67. The van der Waals surface area contributed by atoms with Gasteiger partial charge in [0.25, 0.3) is 0 Å². The van der Waals surface area contributed by atoms with Crippen molar-refractivity contribution in [2.24, 2.45) is 0 Å². The number of aromatic amines is 2. The molecule has 1 aromatic carbocycles. The van der Waals surface area contributed by atoms with Gasteiger partial charge in [0.05, 0.1) is 11.6 Å². The van der Waals surface area contributed by atoms with Gasteiger partial charge in [0.15, 0.2) is 0 Å². The highest BCUT2D eigenvalue weighted by Gasteiger charge is 1.99. The van der Waals surface area contributed by atoms with Crippen LogP contribution in [0.25, 0.3) is 0 Å². The number of benzene rings is 1. The van der Waals surface area contributed by atoms with Crippen molar-refractivity contribution >= 4 is 0 Å². The Morgan fingerprint density at radius 1 is 1.06 bits per heavy atom. The van der Waals surface area contributed by atoms with Crippen LogP contribution < -0.4 is 11.1 Å². The molecule has 0 radical (unpaired) electrons. The van der Waals surface area contributed by atoms with Crippen LogP contribution in [0.1, 0.15) is 16.8 Å². The first-order valence-electron chi connectivity index (χ1n) is 5.49. The molecule has 1 aromatic heterocycles. The lowest BCUT2D eigenvalue weighted by Gasteiger charge is -2.01. The van der Waals surface area contributed by atoms with Crippen LogP contribution in [-0.4, -0.2) is 9.97 Å². The number of aryl methyl sites for hydroxylation is 2. The first kappa shape index (κ1) is 11.9. The maximum atomic E-state index is 11.1. The minimum Gasteiger partial charge on any atom is -0.323 e. The van der Waals surface area contributed by atoms with Crippen molar-refractivity contribution in [2.75, 3.05) is 0 Å². The second-order valence-corrected chi connectivity index (χ2v) is 3.91. The Hall–Kier alpha value is -2.61. The average Bonchev–Trinajstić information content (AvgIpc) is 2.41. The minimum atomic E-state index is -0.642. The van der Waals surface area contributed by atoms with E-state index in [-0.39, 0.29) is 0 Å². The van der Waals surface area contributed by atoms with Gasteiger partial charge < -0.3 is 9.97 Å². The lowest BCUT2D eigenvalue weighted by atomic mass is 10.1. The van der Waals surface area contributed by atoms with Gasteiger partial charge in [-0.15, -0.1) is 0 Å². The number of nitrogens with one attached hydrogen (secondary N) is 2. The standard InChI is InChI=1S/C13H11N3O2/c14-7-10-3-1-9(2-4-10)5-6-11-8-15-12(17)13(18)16-11/h1-4,8H,5-6H2,(H,15,17)(H,16,18). The van der Waals surface area contributed by atoms with Crippen LogP contribution in [0, 0.1) is 11.3 Å². The largest absolute Gasteiger partial charge is 0.323 e. The summed E-state index contributed by atoms with van der Waals surface area (Å²) in [6, 6.07) is 9.32. The Balaban J connectivity index is 2.07. The second kappa shape index (κ2) is 5.15. The first-order chi connectivity index (χ1) is 8.69. The van der Waals surface area contributed by atoms with Gasteiger partial charge in [0, 0.05) is 11.9 Å². The van der Waals surface area contributed by atoms with Crippen molar-refractivity contribution in [2.45, 2.75) is 12.8 Å². The molecule has 0 saturated carbocycles. The molecule has 5 heteroatoms. The zero-order valence-corrected chi connectivity index (χ0v) is 9.56. The fraction of sp³-hybridized carbons (Fsp3) is 0.154. The highest BCUT2D eigenvalue weighted by molar-refractivity contribution is 5.31. The Morgan fingerprint density at radius 3 is 2.39 bits per heavy atom. The topological polar surface area (TPSA) is 89.5 Å². The average molecular weight is 241 g/mol. The van der Waals surface area contributed by atoms with E-state index in [0.29, 0.717) is 17.7 Å². The van der Waals surface area contributed by atoms with Gasteiger partial charge in [-0.2, -0.15) is 5.26 Å². The molecule has 0 unspecified atom stereocenters. The van der Waals surface area contributed by atoms with E-state index in [1.165, 1.54) is 6.20 Å². The molecule has 0 saturated heterocycles. The van der Waals surface area contributed by atoms with Crippen LogP contribution in [0.4, 0.5) is 0 Å². The molecular formula is C13H11N3O2. The molecule has 2 rings (SSSR count). The Morgan fingerprint density at radius 2 is 1.78 bits per heavy atom. The molecule has 0 bridgehead atoms. The van der Waals surface area contributed by atoms with Gasteiger partial charge in [-0.05, 0) is 30.5 Å². The van der Waals surface area contributed by atoms with E-state index in [2.05, 4.69) is 16.0 Å². The summed E-state index contributed by atoms with van der Waals surface area (Å²) in [6.07, 6.45) is 2.86. The van der Waals surface area contributed by atoms with E-state index >= 15 is 0 Å². The van der Waals surface area contributed by atoms with Crippen molar-refractivity contribution in [1.82, 2.24) is 9.97 Å². The lowest BCUT2D eigenvalue weighted by Crippen LogP contribution is -2.29. The van der Waals surface area contributed by atoms with Gasteiger partial charge in [0.2, 0.25) is 0 Å². The zero-order valence-electron chi connectivity index (χ0n) is 9.56. The Kier molecular flexibility index (Phi) is 3.39. The van der Waals surface area contributed by atoms with Gasteiger partial charge in [-0.25, -0.2) is 0 Å². The fourth-order valence-corrected chi connectivity index (χ4v) is 1.62. The summed E-state index contributed by atoms with van der Waals surface area (Å²) in [5.41, 5.74) is 1.10. The maximum Gasteiger partial charge on any atom is 0.313 e. The zero-order chi connectivity index (χ0) is 13.0. The predicted octanol–water partition coefficient (Wildman–Crippen LogP) is 0.720. The molecule has 0 aliphatic heterocycles. The van der Waals surface area contributed by atoms with E-state index < -0.39 is 11.1 Å². The summed E-state index contributed by atoms with van der Waals surface area (Å²) in [4.78, 5) is 26.9. The Labute approximate surface area is 103 Å². The molecule has 0 aliphatic rings. The van der Waals surface area contributed by atoms with Gasteiger partial charge in [0.1, 0.15) is 0 Å². The van der Waals surface area contributed by atoms with E-state index in [0.717, 1.165) is 12.0 Å². The molecule has 18 heavy (non-hydrogen) atoms. The normalized spacial score (nSPS) is 9.94. The van der Waals surface area contributed by atoms with Crippen LogP contribution >= 0.6 is 0 Å². The van der Waals surface area contributed by atoms with Gasteiger partial charge >= 0.3 is 11.1 Å². The molecule has 90 valence electrons. The number of aromatic nitrogens is 2. The summed E-state index contributed by atoms with van der Waals surface area (Å²) in [7, 11) is 0. The van der Waals surface area contributed by atoms with Crippen LogP contribution in [-0.2, 0) is 12.8 Å². The number of hydrogen-bond donors (Lipinski definition) is 2. The molecule has 2 N–H and O–H groups in total. The minimum absolute atomic E-state index is 0.621. The number of nitriles is 1. The molecule has 0 atom stereocenters. The SMILES string of the molecule is N#Cc1ccc(CCc2c[nH]c(=O)c(=O)[nH]2)cc1. The second-order valence-electron chi connectivity index (χ2n) is 3.91. The number of rotatable bonds is 3. The van der Waals surface area contributed by atoms with E-state index in [1.807, 2.05) is 12.1 Å². The third-order valence-corrected chi connectivity index (χ3v) is 2.62. The quantitative estimate of drug-likeness (QED) is 0.776. The van der Waals surface area contributed by atoms with Crippen LogP contribution in [0.3, 0.4) is 0 Å². The van der Waals surface area contributed by atoms with Crippen LogP contribution in [0.15, 0.2) is 40.1 Å². The highest BCUT2D eigenvalue weighted by Crippen LogP contribution is 2.06. The maximum absolute atomic E-state index is 11.1. The number of hydrogen-bond acceptors (Lipinski definition) is 3. The fourth-order valence-electron chi connectivity index (χ4n) is 1.62. The third kappa shape index (κ3) is 2.74. The van der Waals surface area contributed by atoms with Crippen molar-refractivity contribution in [1.29, 1.82) is 5.26 Å².